The maximum absolute atomic E-state index is 13.5. The van der Waals surface area contributed by atoms with Gasteiger partial charge in [0.1, 0.15) is 18.8 Å². The van der Waals surface area contributed by atoms with Gasteiger partial charge in [-0.2, -0.15) is 0 Å². The monoisotopic (exact) mass is 581 g/mol. The molecule has 5 atom stereocenters. The summed E-state index contributed by atoms with van der Waals surface area (Å²) in [5, 5.41) is 6.73. The summed E-state index contributed by atoms with van der Waals surface area (Å²) < 4.78 is 21.9. The predicted molar refractivity (Wildman–Crippen MR) is 146 cm³/mol. The lowest BCUT2D eigenvalue weighted by molar-refractivity contribution is -0.278. The van der Waals surface area contributed by atoms with E-state index < -0.39 is 67.0 Å². The Hall–Kier alpha value is -4.78. The fraction of sp³-hybridized carbons (Fsp3) is 0.379. The van der Waals surface area contributed by atoms with Crippen LogP contribution in [0.2, 0.25) is 0 Å². The molecule has 1 fully saturated rings. The van der Waals surface area contributed by atoms with Gasteiger partial charge in [-0.3, -0.25) is 24.0 Å². The summed E-state index contributed by atoms with van der Waals surface area (Å²) in [6.45, 7) is 4.56. The molecular formula is C29H31N3O10. The Labute approximate surface area is 241 Å². The first-order valence-electron chi connectivity index (χ1n) is 13.1. The minimum absolute atomic E-state index is 0.0191. The first kappa shape index (κ1) is 30.2. The molecule has 0 spiro atoms. The van der Waals surface area contributed by atoms with Crippen LogP contribution in [-0.2, 0) is 54.3 Å². The molecule has 1 saturated heterocycles. The normalized spacial score (nSPS) is 24.0. The SMILES string of the molecule is CC(=O)N[C@H]1[C@H](ON=C2C(=O)N(Cc3ccccc3)c3ccccc32)O[C@H](COC(C)=O)[C@@H](OC(C)=O)[C@@H]1OC(C)=O. The number of carbonyl (C=O) groups is 5. The van der Waals surface area contributed by atoms with Gasteiger partial charge in [0, 0.05) is 33.3 Å². The van der Waals surface area contributed by atoms with Crippen LogP contribution in [0.5, 0.6) is 0 Å². The number of oxime groups is 1. The molecule has 13 nitrogen and oxygen atoms in total. The molecule has 2 aromatic rings. The number of nitrogens with one attached hydrogen (secondary N) is 1. The number of rotatable bonds is 9. The Bertz CT molecular complexity index is 1380. The van der Waals surface area contributed by atoms with Gasteiger partial charge >= 0.3 is 17.9 Å². The second-order valence-electron chi connectivity index (χ2n) is 9.66. The molecular weight excluding hydrogens is 550 g/mol. The largest absolute Gasteiger partial charge is 0.463 e. The summed E-state index contributed by atoms with van der Waals surface area (Å²) in [6.07, 6.45) is -5.25. The average molecular weight is 582 g/mol. The highest BCUT2D eigenvalue weighted by atomic mass is 16.8. The second kappa shape index (κ2) is 13.3. The van der Waals surface area contributed by atoms with E-state index in [2.05, 4.69) is 10.5 Å². The Balaban J connectivity index is 1.68. The number of esters is 3. The number of hydrogen-bond donors (Lipinski definition) is 1. The lowest BCUT2D eigenvalue weighted by atomic mass is 9.96. The number of ether oxygens (including phenoxy) is 4. The number of amides is 2. The minimum Gasteiger partial charge on any atom is -0.463 e. The van der Waals surface area contributed by atoms with Crippen molar-refractivity contribution in [3.05, 3.63) is 65.7 Å². The smallest absolute Gasteiger partial charge is 0.303 e. The molecule has 0 radical (unpaired) electrons. The van der Waals surface area contributed by atoms with Crippen LogP contribution in [0.25, 0.3) is 0 Å². The van der Waals surface area contributed by atoms with Crippen molar-refractivity contribution in [1.29, 1.82) is 0 Å². The maximum Gasteiger partial charge on any atom is 0.303 e. The summed E-state index contributed by atoms with van der Waals surface area (Å²) in [4.78, 5) is 68.6. The van der Waals surface area contributed by atoms with Gasteiger partial charge in [0.2, 0.25) is 5.91 Å². The number of hydrogen-bond acceptors (Lipinski definition) is 11. The van der Waals surface area contributed by atoms with Crippen LogP contribution < -0.4 is 10.2 Å². The minimum atomic E-state index is -1.46. The molecule has 0 aromatic heterocycles. The highest BCUT2D eigenvalue weighted by Gasteiger charge is 2.52. The third kappa shape index (κ3) is 7.10. The van der Waals surface area contributed by atoms with Crippen molar-refractivity contribution in [1.82, 2.24) is 5.32 Å². The van der Waals surface area contributed by atoms with Gasteiger partial charge in [0.05, 0.1) is 12.2 Å². The van der Waals surface area contributed by atoms with Crippen molar-refractivity contribution in [2.24, 2.45) is 5.16 Å². The van der Waals surface area contributed by atoms with Crippen molar-refractivity contribution in [2.75, 3.05) is 11.5 Å². The number of para-hydroxylation sites is 1. The molecule has 2 aromatic carbocycles. The van der Waals surface area contributed by atoms with Crippen molar-refractivity contribution in [2.45, 2.75) is 64.9 Å². The Morgan fingerprint density at radius 3 is 2.17 bits per heavy atom. The van der Waals surface area contributed by atoms with E-state index in [1.165, 1.54) is 13.8 Å². The second-order valence-corrected chi connectivity index (χ2v) is 9.66. The van der Waals surface area contributed by atoms with E-state index in [-0.39, 0.29) is 12.3 Å². The van der Waals surface area contributed by atoms with Gasteiger partial charge in [0.25, 0.3) is 12.2 Å². The van der Waals surface area contributed by atoms with E-state index >= 15 is 0 Å². The molecule has 0 unspecified atom stereocenters. The molecule has 1 N–H and O–H groups in total. The zero-order valence-corrected chi connectivity index (χ0v) is 23.5. The summed E-state index contributed by atoms with van der Waals surface area (Å²) in [6, 6.07) is 15.2. The molecule has 0 saturated carbocycles. The van der Waals surface area contributed by atoms with E-state index in [1.807, 2.05) is 30.3 Å². The molecule has 42 heavy (non-hydrogen) atoms. The van der Waals surface area contributed by atoms with Gasteiger partial charge in [-0.25, -0.2) is 0 Å². The van der Waals surface area contributed by atoms with Gasteiger partial charge in [-0.1, -0.05) is 53.7 Å². The molecule has 2 amide bonds. The van der Waals surface area contributed by atoms with E-state index in [1.54, 1.807) is 29.2 Å². The molecule has 0 bridgehead atoms. The predicted octanol–water partition coefficient (Wildman–Crippen LogP) is 1.61. The highest BCUT2D eigenvalue weighted by Crippen LogP contribution is 2.32. The van der Waals surface area contributed by atoms with Gasteiger partial charge < -0.3 is 34.0 Å². The Kier molecular flexibility index (Phi) is 9.53. The fourth-order valence-corrected chi connectivity index (χ4v) is 4.76. The van der Waals surface area contributed by atoms with Crippen LogP contribution >= 0.6 is 0 Å². The van der Waals surface area contributed by atoms with Crippen LogP contribution in [-0.4, -0.2) is 72.7 Å². The van der Waals surface area contributed by atoms with Crippen molar-refractivity contribution < 1.29 is 47.8 Å². The van der Waals surface area contributed by atoms with Crippen molar-refractivity contribution >= 4 is 41.1 Å². The lowest BCUT2D eigenvalue weighted by Gasteiger charge is -2.43. The third-order valence-electron chi connectivity index (χ3n) is 6.40. The zero-order valence-electron chi connectivity index (χ0n) is 23.5. The van der Waals surface area contributed by atoms with E-state index in [0.717, 1.165) is 19.4 Å². The molecule has 222 valence electrons. The molecule has 2 heterocycles. The zero-order chi connectivity index (χ0) is 30.4. The molecule has 0 aliphatic carbocycles. The first-order valence-corrected chi connectivity index (χ1v) is 13.1. The van der Waals surface area contributed by atoms with Crippen molar-refractivity contribution in [3.8, 4) is 0 Å². The summed E-state index contributed by atoms with van der Waals surface area (Å²) in [5.74, 6) is -3.10. The van der Waals surface area contributed by atoms with Crippen molar-refractivity contribution in [3.63, 3.8) is 0 Å². The van der Waals surface area contributed by atoms with Crippen LogP contribution in [0.1, 0.15) is 38.8 Å². The average Bonchev–Trinajstić information content (AvgIpc) is 3.19. The van der Waals surface area contributed by atoms with E-state index in [4.69, 9.17) is 23.8 Å². The topological polar surface area (TPSA) is 159 Å². The van der Waals surface area contributed by atoms with Crippen LogP contribution in [0.4, 0.5) is 5.69 Å². The quantitative estimate of drug-likeness (QED) is 0.262. The lowest BCUT2D eigenvalue weighted by Crippen LogP contribution is -2.66. The van der Waals surface area contributed by atoms with E-state index in [9.17, 15) is 24.0 Å². The van der Waals surface area contributed by atoms with Crippen LogP contribution in [0.3, 0.4) is 0 Å². The summed E-state index contributed by atoms with van der Waals surface area (Å²) in [7, 11) is 0. The molecule has 4 rings (SSSR count). The summed E-state index contributed by atoms with van der Waals surface area (Å²) >= 11 is 0. The summed E-state index contributed by atoms with van der Waals surface area (Å²) in [5.41, 5.74) is 2.01. The van der Waals surface area contributed by atoms with Gasteiger partial charge in [-0.15, -0.1) is 0 Å². The number of carbonyl (C=O) groups excluding carboxylic acids is 5. The van der Waals surface area contributed by atoms with Crippen LogP contribution in [0.15, 0.2) is 59.8 Å². The number of nitrogens with zero attached hydrogens (tertiary/aromatic N) is 2. The Morgan fingerprint density at radius 1 is 0.881 bits per heavy atom. The first-order chi connectivity index (χ1) is 20.0. The third-order valence-corrected chi connectivity index (χ3v) is 6.40. The highest BCUT2D eigenvalue weighted by molar-refractivity contribution is 6.54. The Morgan fingerprint density at radius 2 is 1.52 bits per heavy atom. The number of fused-ring (bicyclic) bond motifs is 1. The molecule has 2 aliphatic rings. The number of anilines is 1. The fourth-order valence-electron chi connectivity index (χ4n) is 4.76. The standard InChI is InChI=1S/C29H31N3O10/c1-16(33)30-25-27(40-19(4)36)26(39-18(3)35)23(15-38-17(2)34)41-29(25)42-31-24-21-12-8-9-13-22(21)32(28(24)37)14-20-10-6-5-7-11-20/h5-13,23,25-27,29H,14-15H2,1-4H3,(H,30,33)/t23-,25-,26-,27-,29+/m1/s1. The molecule has 2 aliphatic heterocycles. The van der Waals surface area contributed by atoms with E-state index in [0.29, 0.717) is 11.3 Å². The maximum atomic E-state index is 13.5. The van der Waals surface area contributed by atoms with Gasteiger partial charge in [0.15, 0.2) is 17.9 Å². The molecule has 13 heteroatoms. The van der Waals surface area contributed by atoms with Crippen LogP contribution in [0, 0.1) is 0 Å². The number of benzene rings is 2. The van der Waals surface area contributed by atoms with Gasteiger partial charge in [-0.05, 0) is 11.6 Å².